The summed E-state index contributed by atoms with van der Waals surface area (Å²) in [4.78, 5) is 24.6. The number of aromatic nitrogens is 2. The van der Waals surface area contributed by atoms with Crippen LogP contribution in [0.5, 0.6) is 0 Å². The van der Waals surface area contributed by atoms with Gasteiger partial charge in [0.25, 0.3) is 11.5 Å². The molecule has 0 bridgehead atoms. The monoisotopic (exact) mass is 427 g/mol. The number of hydrogen-bond donors (Lipinski definition) is 1. The third-order valence-electron chi connectivity index (χ3n) is 3.63. The predicted molar refractivity (Wildman–Crippen MR) is 99.3 cm³/mol. The Morgan fingerprint density at radius 1 is 0.964 bits per heavy atom. The summed E-state index contributed by atoms with van der Waals surface area (Å²) in [6, 6.07) is 11.8. The van der Waals surface area contributed by atoms with Gasteiger partial charge in [-0.05, 0) is 48.5 Å². The van der Waals surface area contributed by atoms with Crippen LogP contribution in [0.4, 0.5) is 18.9 Å². The van der Waals surface area contributed by atoms with Crippen LogP contribution in [0.2, 0.25) is 10.0 Å². The van der Waals surface area contributed by atoms with Crippen LogP contribution < -0.4 is 10.9 Å². The van der Waals surface area contributed by atoms with Gasteiger partial charge in [-0.25, -0.2) is 0 Å². The summed E-state index contributed by atoms with van der Waals surface area (Å²) in [5, 5.41) is 6.72. The standard InChI is InChI=1S/C18H10Cl2F3N3O2/c19-10-1-5-12(6-2-10)24-17(28)16-14(18(21,22)23)9-15(27)26(25-16)13-7-3-11(20)4-8-13/h1-9H,(H,24,28). The maximum Gasteiger partial charge on any atom is 0.418 e. The van der Waals surface area contributed by atoms with Crippen LogP contribution in [0.1, 0.15) is 16.1 Å². The van der Waals surface area contributed by atoms with Crippen molar-refractivity contribution in [3.8, 4) is 5.69 Å². The maximum absolute atomic E-state index is 13.4. The van der Waals surface area contributed by atoms with Gasteiger partial charge in [0, 0.05) is 21.8 Å². The van der Waals surface area contributed by atoms with E-state index in [0.717, 1.165) is 0 Å². The molecule has 28 heavy (non-hydrogen) atoms. The van der Waals surface area contributed by atoms with Crippen molar-refractivity contribution in [2.24, 2.45) is 0 Å². The van der Waals surface area contributed by atoms with E-state index in [2.05, 4.69) is 10.4 Å². The summed E-state index contributed by atoms with van der Waals surface area (Å²) in [5.41, 5.74) is -3.05. The zero-order valence-electron chi connectivity index (χ0n) is 13.8. The molecule has 3 rings (SSSR count). The molecule has 2 aromatic carbocycles. The molecule has 0 fully saturated rings. The highest BCUT2D eigenvalue weighted by Gasteiger charge is 2.37. The summed E-state index contributed by atoms with van der Waals surface area (Å²) in [6.45, 7) is 0. The van der Waals surface area contributed by atoms with Crippen molar-refractivity contribution in [1.82, 2.24) is 9.78 Å². The van der Waals surface area contributed by atoms with E-state index in [1.54, 1.807) is 0 Å². The second kappa shape index (κ2) is 7.65. The topological polar surface area (TPSA) is 64.0 Å². The highest BCUT2D eigenvalue weighted by molar-refractivity contribution is 6.30. The number of carbonyl (C=O) groups excluding carboxylic acids is 1. The van der Waals surface area contributed by atoms with Crippen molar-refractivity contribution in [2.45, 2.75) is 6.18 Å². The number of halogens is 5. The Labute approximate surface area is 166 Å². The number of anilines is 1. The molecular formula is C18H10Cl2F3N3O2. The normalized spacial score (nSPS) is 11.3. The van der Waals surface area contributed by atoms with Crippen molar-refractivity contribution in [1.29, 1.82) is 0 Å². The third kappa shape index (κ3) is 4.35. The number of hydrogen-bond acceptors (Lipinski definition) is 3. The van der Waals surface area contributed by atoms with Gasteiger partial charge >= 0.3 is 6.18 Å². The number of rotatable bonds is 3. The van der Waals surface area contributed by atoms with Crippen LogP contribution in [0.15, 0.2) is 59.4 Å². The number of nitrogens with one attached hydrogen (secondary N) is 1. The highest BCUT2D eigenvalue weighted by atomic mass is 35.5. The van der Waals surface area contributed by atoms with Crippen LogP contribution in [0.25, 0.3) is 5.69 Å². The minimum atomic E-state index is -4.95. The molecule has 0 radical (unpaired) electrons. The molecule has 0 aliphatic heterocycles. The number of alkyl halides is 3. The largest absolute Gasteiger partial charge is 0.418 e. The van der Waals surface area contributed by atoms with Gasteiger partial charge < -0.3 is 5.32 Å². The number of benzene rings is 2. The van der Waals surface area contributed by atoms with Crippen molar-refractivity contribution < 1.29 is 18.0 Å². The molecule has 0 saturated heterocycles. The first-order valence-corrected chi connectivity index (χ1v) is 8.45. The fraction of sp³-hybridized carbons (Fsp3) is 0.0556. The van der Waals surface area contributed by atoms with Gasteiger partial charge in [0.1, 0.15) is 0 Å². The van der Waals surface area contributed by atoms with Crippen LogP contribution in [-0.4, -0.2) is 15.7 Å². The lowest BCUT2D eigenvalue weighted by Gasteiger charge is -2.14. The summed E-state index contributed by atoms with van der Waals surface area (Å²) in [5.74, 6) is -1.13. The Bertz CT molecular complexity index is 1080. The first-order chi connectivity index (χ1) is 13.1. The van der Waals surface area contributed by atoms with E-state index < -0.39 is 28.9 Å². The zero-order valence-corrected chi connectivity index (χ0v) is 15.3. The molecule has 1 amide bonds. The van der Waals surface area contributed by atoms with E-state index in [0.29, 0.717) is 20.8 Å². The third-order valence-corrected chi connectivity index (χ3v) is 4.13. The average Bonchev–Trinajstić information content (AvgIpc) is 2.63. The van der Waals surface area contributed by atoms with Gasteiger partial charge in [-0.15, -0.1) is 0 Å². The Morgan fingerprint density at radius 2 is 1.50 bits per heavy atom. The Balaban J connectivity index is 2.09. The molecule has 0 atom stereocenters. The summed E-state index contributed by atoms with van der Waals surface area (Å²) in [7, 11) is 0. The van der Waals surface area contributed by atoms with Gasteiger partial charge in [0.05, 0.1) is 11.3 Å². The molecule has 1 heterocycles. The van der Waals surface area contributed by atoms with Crippen LogP contribution >= 0.6 is 23.2 Å². The minimum absolute atomic E-state index is 0.156. The van der Waals surface area contributed by atoms with Crippen LogP contribution in [-0.2, 0) is 6.18 Å². The molecule has 5 nitrogen and oxygen atoms in total. The second-order valence-electron chi connectivity index (χ2n) is 5.59. The molecular weight excluding hydrogens is 418 g/mol. The Morgan fingerprint density at radius 3 is 2.04 bits per heavy atom. The van der Waals surface area contributed by atoms with Gasteiger partial charge in [0.15, 0.2) is 5.69 Å². The predicted octanol–water partition coefficient (Wildman–Crippen LogP) is 4.81. The maximum atomic E-state index is 13.4. The van der Waals surface area contributed by atoms with Gasteiger partial charge in [-0.3, -0.25) is 9.59 Å². The molecule has 1 aromatic heterocycles. The first-order valence-electron chi connectivity index (χ1n) is 7.69. The Kier molecular flexibility index (Phi) is 5.44. The van der Waals surface area contributed by atoms with E-state index in [1.165, 1.54) is 48.5 Å². The molecule has 1 N–H and O–H groups in total. The average molecular weight is 428 g/mol. The molecule has 3 aromatic rings. The summed E-state index contributed by atoms with van der Waals surface area (Å²) in [6.07, 6.45) is -4.95. The molecule has 0 unspecified atom stereocenters. The fourth-order valence-electron chi connectivity index (χ4n) is 2.33. The fourth-order valence-corrected chi connectivity index (χ4v) is 2.58. The van der Waals surface area contributed by atoms with Gasteiger partial charge in [-0.2, -0.15) is 23.0 Å². The lowest BCUT2D eigenvalue weighted by molar-refractivity contribution is -0.138. The molecule has 0 saturated carbocycles. The number of nitrogens with zero attached hydrogens (tertiary/aromatic N) is 2. The smallest absolute Gasteiger partial charge is 0.321 e. The summed E-state index contributed by atoms with van der Waals surface area (Å²) >= 11 is 11.5. The highest BCUT2D eigenvalue weighted by Crippen LogP contribution is 2.31. The first kappa shape index (κ1) is 19.9. The lowest BCUT2D eigenvalue weighted by Crippen LogP contribution is -2.30. The van der Waals surface area contributed by atoms with Crippen LogP contribution in [0.3, 0.4) is 0 Å². The minimum Gasteiger partial charge on any atom is -0.321 e. The zero-order chi connectivity index (χ0) is 20.5. The van der Waals surface area contributed by atoms with Gasteiger partial charge in [-0.1, -0.05) is 23.2 Å². The number of amides is 1. The molecule has 0 aliphatic carbocycles. The Hall–Kier alpha value is -2.84. The SMILES string of the molecule is O=C(Nc1ccc(Cl)cc1)c1nn(-c2ccc(Cl)cc2)c(=O)cc1C(F)(F)F. The van der Waals surface area contributed by atoms with Crippen molar-refractivity contribution in [2.75, 3.05) is 5.32 Å². The van der Waals surface area contributed by atoms with E-state index in [-0.39, 0.29) is 11.4 Å². The van der Waals surface area contributed by atoms with E-state index in [1.807, 2.05) is 0 Å². The quantitative estimate of drug-likeness (QED) is 0.652. The van der Waals surface area contributed by atoms with Crippen molar-refractivity contribution in [3.63, 3.8) is 0 Å². The molecule has 10 heteroatoms. The van der Waals surface area contributed by atoms with E-state index in [4.69, 9.17) is 23.2 Å². The molecule has 144 valence electrons. The van der Waals surface area contributed by atoms with Crippen LogP contribution in [0, 0.1) is 0 Å². The van der Waals surface area contributed by atoms with Crippen molar-refractivity contribution in [3.05, 3.63) is 86.3 Å². The van der Waals surface area contributed by atoms with Gasteiger partial charge in [0.2, 0.25) is 0 Å². The van der Waals surface area contributed by atoms with E-state index in [9.17, 15) is 22.8 Å². The molecule has 0 spiro atoms. The number of carbonyl (C=O) groups is 1. The second-order valence-corrected chi connectivity index (χ2v) is 6.46. The van der Waals surface area contributed by atoms with E-state index >= 15 is 0 Å². The molecule has 0 aliphatic rings. The summed E-state index contributed by atoms with van der Waals surface area (Å²) < 4.78 is 40.8. The lowest BCUT2D eigenvalue weighted by atomic mass is 10.2. The van der Waals surface area contributed by atoms with Crippen molar-refractivity contribution >= 4 is 34.8 Å².